The molecular weight excluding hydrogens is 276 g/mol. The molecule has 1 aliphatic carbocycles. The maximum atomic E-state index is 5.37. The summed E-state index contributed by atoms with van der Waals surface area (Å²) in [6.45, 7) is 4.61. The second kappa shape index (κ2) is 6.88. The summed E-state index contributed by atoms with van der Waals surface area (Å²) in [5.74, 6) is 1.61. The highest BCUT2D eigenvalue weighted by atomic mass is 16.5. The number of ether oxygens (including phenoxy) is 2. The second-order valence-electron chi connectivity index (χ2n) is 6.60. The number of methoxy groups -OCH3 is 2. The second-order valence-corrected chi connectivity index (χ2v) is 6.60. The Morgan fingerprint density at radius 2 is 1.95 bits per heavy atom. The lowest BCUT2D eigenvalue weighted by molar-refractivity contribution is 0.255. The first-order valence-corrected chi connectivity index (χ1v) is 8.41. The number of likely N-dealkylation sites (tertiary alicyclic amines) is 1. The highest BCUT2D eigenvalue weighted by molar-refractivity contribution is 5.42. The number of nitrogens with one attached hydrogen (secondary N) is 1. The van der Waals surface area contributed by atoms with Crippen molar-refractivity contribution < 1.29 is 9.47 Å². The zero-order valence-electron chi connectivity index (χ0n) is 14.0. The van der Waals surface area contributed by atoms with E-state index in [0.717, 1.165) is 36.5 Å². The summed E-state index contributed by atoms with van der Waals surface area (Å²) in [6, 6.07) is 8.46. The summed E-state index contributed by atoms with van der Waals surface area (Å²) in [5.41, 5.74) is 1.29. The van der Waals surface area contributed by atoms with Gasteiger partial charge in [-0.15, -0.1) is 0 Å². The Labute approximate surface area is 133 Å². The summed E-state index contributed by atoms with van der Waals surface area (Å²) in [5, 5.41) is 3.73. The zero-order valence-corrected chi connectivity index (χ0v) is 14.0. The molecule has 2 unspecified atom stereocenters. The van der Waals surface area contributed by atoms with Gasteiger partial charge in [0.2, 0.25) is 0 Å². The minimum atomic E-state index is 0.649. The number of hydrogen-bond donors (Lipinski definition) is 1. The number of hydrogen-bond acceptors (Lipinski definition) is 4. The van der Waals surface area contributed by atoms with Crippen LogP contribution in [-0.4, -0.2) is 50.3 Å². The number of nitrogens with zero attached hydrogens (tertiary/aromatic N) is 1. The first-order valence-electron chi connectivity index (χ1n) is 8.41. The van der Waals surface area contributed by atoms with Crippen molar-refractivity contribution in [3.05, 3.63) is 23.8 Å². The van der Waals surface area contributed by atoms with Gasteiger partial charge in [0.1, 0.15) is 0 Å². The van der Waals surface area contributed by atoms with Crippen LogP contribution in [0.25, 0.3) is 0 Å². The van der Waals surface area contributed by atoms with E-state index in [1.165, 1.54) is 31.4 Å². The Balaban J connectivity index is 1.47. The summed E-state index contributed by atoms with van der Waals surface area (Å²) in [6.07, 6.45) is 5.11. The van der Waals surface area contributed by atoms with Crippen LogP contribution in [0.5, 0.6) is 11.5 Å². The fourth-order valence-electron chi connectivity index (χ4n) is 3.58. The van der Waals surface area contributed by atoms with Crippen molar-refractivity contribution in [1.82, 2.24) is 10.2 Å². The van der Waals surface area contributed by atoms with Gasteiger partial charge >= 0.3 is 0 Å². The zero-order chi connectivity index (χ0) is 15.5. The molecule has 2 atom stereocenters. The molecule has 1 aliphatic heterocycles. The topological polar surface area (TPSA) is 33.7 Å². The average Bonchev–Trinajstić information content (AvgIpc) is 3.31. The van der Waals surface area contributed by atoms with Gasteiger partial charge in [0.05, 0.1) is 14.2 Å². The smallest absolute Gasteiger partial charge is 0.160 e. The summed E-state index contributed by atoms with van der Waals surface area (Å²) >= 11 is 0. The van der Waals surface area contributed by atoms with Crippen LogP contribution in [-0.2, 0) is 6.42 Å². The summed E-state index contributed by atoms with van der Waals surface area (Å²) < 4.78 is 10.6. The number of benzene rings is 1. The molecule has 4 heteroatoms. The minimum Gasteiger partial charge on any atom is -0.493 e. The van der Waals surface area contributed by atoms with Gasteiger partial charge < -0.3 is 14.8 Å². The molecule has 3 rings (SSSR count). The van der Waals surface area contributed by atoms with E-state index in [2.05, 4.69) is 29.3 Å². The van der Waals surface area contributed by atoms with Crippen molar-refractivity contribution >= 4 is 0 Å². The Bertz CT molecular complexity index is 502. The molecule has 1 heterocycles. The van der Waals surface area contributed by atoms with E-state index in [0.29, 0.717) is 6.04 Å². The van der Waals surface area contributed by atoms with Crippen molar-refractivity contribution in [1.29, 1.82) is 0 Å². The molecule has 0 amide bonds. The normalized spacial score (nSPS) is 25.4. The molecular formula is C18H28N2O2. The molecule has 2 fully saturated rings. The van der Waals surface area contributed by atoms with Crippen LogP contribution in [0.15, 0.2) is 18.2 Å². The average molecular weight is 304 g/mol. The predicted octanol–water partition coefficient (Wildman–Crippen LogP) is 2.46. The molecule has 1 N–H and O–H groups in total. The SMILES string of the molecule is COc1ccc(CCNC2CC(C)N(C3CC3)C2)cc1OC. The van der Waals surface area contributed by atoms with E-state index >= 15 is 0 Å². The molecule has 22 heavy (non-hydrogen) atoms. The van der Waals surface area contributed by atoms with E-state index in [-0.39, 0.29) is 0 Å². The first kappa shape index (κ1) is 15.6. The van der Waals surface area contributed by atoms with E-state index < -0.39 is 0 Å². The van der Waals surface area contributed by atoms with Crippen molar-refractivity contribution in [3.63, 3.8) is 0 Å². The summed E-state index contributed by atoms with van der Waals surface area (Å²) in [7, 11) is 3.36. The first-order chi connectivity index (χ1) is 10.7. The Kier molecular flexibility index (Phi) is 4.89. The van der Waals surface area contributed by atoms with Gasteiger partial charge in [-0.2, -0.15) is 0 Å². The van der Waals surface area contributed by atoms with Gasteiger partial charge in [-0.05, 0) is 56.8 Å². The van der Waals surface area contributed by atoms with Crippen molar-refractivity contribution in [3.8, 4) is 11.5 Å². The highest BCUT2D eigenvalue weighted by Gasteiger charge is 2.38. The van der Waals surface area contributed by atoms with E-state index in [1.807, 2.05) is 6.07 Å². The fourth-order valence-corrected chi connectivity index (χ4v) is 3.58. The van der Waals surface area contributed by atoms with Gasteiger partial charge in [-0.25, -0.2) is 0 Å². The maximum absolute atomic E-state index is 5.37. The van der Waals surface area contributed by atoms with Gasteiger partial charge in [0, 0.05) is 24.7 Å². The largest absolute Gasteiger partial charge is 0.493 e. The van der Waals surface area contributed by atoms with Crippen LogP contribution in [0.2, 0.25) is 0 Å². The van der Waals surface area contributed by atoms with Gasteiger partial charge in [0.15, 0.2) is 11.5 Å². The van der Waals surface area contributed by atoms with Crippen LogP contribution in [0.4, 0.5) is 0 Å². The fraction of sp³-hybridized carbons (Fsp3) is 0.667. The van der Waals surface area contributed by atoms with Gasteiger partial charge in [0.25, 0.3) is 0 Å². The number of rotatable bonds is 7. The molecule has 122 valence electrons. The molecule has 1 aromatic carbocycles. The molecule has 1 saturated heterocycles. The lowest BCUT2D eigenvalue weighted by atomic mass is 10.1. The minimum absolute atomic E-state index is 0.649. The molecule has 0 bridgehead atoms. The standard InChI is InChI=1S/C18H28N2O2/c1-13-10-15(12-20(13)16-5-6-16)19-9-8-14-4-7-17(21-2)18(11-14)22-3/h4,7,11,13,15-16,19H,5-6,8-10,12H2,1-3H3. The lowest BCUT2D eigenvalue weighted by Gasteiger charge is -2.19. The molecule has 0 aromatic heterocycles. The molecule has 1 saturated carbocycles. The Morgan fingerprint density at radius 3 is 2.64 bits per heavy atom. The van der Waals surface area contributed by atoms with Crippen LogP contribution in [0.3, 0.4) is 0 Å². The molecule has 0 radical (unpaired) electrons. The van der Waals surface area contributed by atoms with Gasteiger partial charge in [-0.3, -0.25) is 4.90 Å². The molecule has 4 nitrogen and oxygen atoms in total. The Morgan fingerprint density at radius 1 is 1.18 bits per heavy atom. The summed E-state index contributed by atoms with van der Waals surface area (Å²) in [4.78, 5) is 2.69. The monoisotopic (exact) mass is 304 g/mol. The van der Waals surface area contributed by atoms with Crippen molar-refractivity contribution in [2.75, 3.05) is 27.3 Å². The van der Waals surface area contributed by atoms with Gasteiger partial charge in [-0.1, -0.05) is 6.07 Å². The third-order valence-electron chi connectivity index (χ3n) is 4.93. The van der Waals surface area contributed by atoms with Crippen molar-refractivity contribution in [2.24, 2.45) is 0 Å². The Hall–Kier alpha value is -1.26. The quantitative estimate of drug-likeness (QED) is 0.839. The molecule has 0 spiro atoms. The highest BCUT2D eigenvalue weighted by Crippen LogP contribution is 2.33. The third kappa shape index (κ3) is 3.55. The molecule has 2 aliphatic rings. The van der Waals surface area contributed by atoms with Crippen molar-refractivity contribution in [2.45, 2.75) is 50.7 Å². The lowest BCUT2D eigenvalue weighted by Crippen LogP contribution is -2.35. The molecule has 1 aromatic rings. The van der Waals surface area contributed by atoms with Crippen LogP contribution < -0.4 is 14.8 Å². The maximum Gasteiger partial charge on any atom is 0.160 e. The van der Waals surface area contributed by atoms with E-state index in [1.54, 1.807) is 14.2 Å². The van der Waals surface area contributed by atoms with E-state index in [4.69, 9.17) is 9.47 Å². The predicted molar refractivity (Wildman–Crippen MR) is 88.8 cm³/mol. The van der Waals surface area contributed by atoms with Crippen LogP contribution in [0, 0.1) is 0 Å². The van der Waals surface area contributed by atoms with Crippen LogP contribution >= 0.6 is 0 Å². The van der Waals surface area contributed by atoms with E-state index in [9.17, 15) is 0 Å². The van der Waals surface area contributed by atoms with Crippen LogP contribution in [0.1, 0.15) is 31.7 Å². The third-order valence-corrected chi connectivity index (χ3v) is 4.93.